The van der Waals surface area contributed by atoms with Gasteiger partial charge in [0.15, 0.2) is 0 Å². The Morgan fingerprint density at radius 2 is 1.96 bits per heavy atom. The first kappa shape index (κ1) is 18.3. The zero-order valence-electron chi connectivity index (χ0n) is 14.1. The largest absolute Gasteiger partial charge is 0.494 e. The van der Waals surface area contributed by atoms with E-state index in [1.54, 1.807) is 24.3 Å². The molecule has 0 saturated heterocycles. The number of hydrogen-bond donors (Lipinski definition) is 3. The van der Waals surface area contributed by atoms with Gasteiger partial charge in [-0.05, 0) is 49.4 Å². The standard InChI is InChI=1S/C18H26N2O4/c1-2-3-10-24-15-8-6-14(7-9-15)18(23)20-12-17(22)19-11-16(21)13-4-5-13/h6-9,13,16,21H,2-5,10-12H2,1H3,(H,19,22)(H,20,23). The van der Waals surface area contributed by atoms with Gasteiger partial charge in [0.2, 0.25) is 5.91 Å². The Kier molecular flexibility index (Phi) is 7.06. The minimum atomic E-state index is -0.482. The summed E-state index contributed by atoms with van der Waals surface area (Å²) in [5.41, 5.74) is 0.476. The van der Waals surface area contributed by atoms with Gasteiger partial charge in [-0.15, -0.1) is 0 Å². The second kappa shape index (κ2) is 9.27. The van der Waals surface area contributed by atoms with E-state index in [2.05, 4.69) is 17.6 Å². The molecule has 24 heavy (non-hydrogen) atoms. The molecule has 1 atom stereocenters. The van der Waals surface area contributed by atoms with Crippen molar-refractivity contribution in [2.24, 2.45) is 5.92 Å². The highest BCUT2D eigenvalue weighted by Crippen LogP contribution is 2.32. The van der Waals surface area contributed by atoms with E-state index in [1.165, 1.54) is 0 Å². The summed E-state index contributed by atoms with van der Waals surface area (Å²) < 4.78 is 5.54. The fourth-order valence-electron chi connectivity index (χ4n) is 2.23. The van der Waals surface area contributed by atoms with Crippen molar-refractivity contribution >= 4 is 11.8 Å². The van der Waals surface area contributed by atoms with E-state index < -0.39 is 6.10 Å². The van der Waals surface area contributed by atoms with Gasteiger partial charge in [0.1, 0.15) is 5.75 Å². The minimum Gasteiger partial charge on any atom is -0.494 e. The number of carbonyl (C=O) groups is 2. The molecule has 0 spiro atoms. The van der Waals surface area contributed by atoms with Gasteiger partial charge < -0.3 is 20.5 Å². The summed E-state index contributed by atoms with van der Waals surface area (Å²) in [6.45, 7) is 2.89. The molecule has 1 aliphatic rings. The molecule has 1 unspecified atom stereocenters. The van der Waals surface area contributed by atoms with Gasteiger partial charge in [-0.2, -0.15) is 0 Å². The average molecular weight is 334 g/mol. The molecule has 0 bridgehead atoms. The number of carbonyl (C=O) groups excluding carboxylic acids is 2. The highest BCUT2D eigenvalue weighted by atomic mass is 16.5. The van der Waals surface area contributed by atoms with Crippen LogP contribution in [0.25, 0.3) is 0 Å². The first-order chi connectivity index (χ1) is 11.6. The summed E-state index contributed by atoms with van der Waals surface area (Å²) in [6.07, 6.45) is 3.62. The Labute approximate surface area is 142 Å². The van der Waals surface area contributed by atoms with E-state index in [0.29, 0.717) is 18.1 Å². The summed E-state index contributed by atoms with van der Waals surface area (Å²) in [5.74, 6) is 0.431. The number of hydrogen-bond acceptors (Lipinski definition) is 4. The molecule has 0 radical (unpaired) electrons. The van der Waals surface area contributed by atoms with Crippen LogP contribution in [-0.2, 0) is 4.79 Å². The van der Waals surface area contributed by atoms with Crippen molar-refractivity contribution < 1.29 is 19.4 Å². The SMILES string of the molecule is CCCCOc1ccc(C(=O)NCC(=O)NCC(O)C2CC2)cc1. The average Bonchev–Trinajstić information content (AvgIpc) is 3.43. The summed E-state index contributed by atoms with van der Waals surface area (Å²) in [5, 5.41) is 14.9. The highest BCUT2D eigenvalue weighted by Gasteiger charge is 2.29. The third-order valence-corrected chi connectivity index (χ3v) is 3.97. The Hall–Kier alpha value is -2.08. The molecular weight excluding hydrogens is 308 g/mol. The lowest BCUT2D eigenvalue weighted by atomic mass is 10.2. The van der Waals surface area contributed by atoms with Crippen LogP contribution in [0.15, 0.2) is 24.3 Å². The van der Waals surface area contributed by atoms with Crippen LogP contribution in [0.3, 0.4) is 0 Å². The molecule has 0 heterocycles. The molecule has 1 aliphatic carbocycles. The molecule has 3 N–H and O–H groups in total. The van der Waals surface area contributed by atoms with Crippen LogP contribution in [0.1, 0.15) is 43.0 Å². The molecule has 6 nitrogen and oxygen atoms in total. The molecule has 132 valence electrons. The molecule has 2 amide bonds. The molecule has 1 aromatic rings. The third kappa shape index (κ3) is 6.20. The predicted molar refractivity (Wildman–Crippen MR) is 90.9 cm³/mol. The smallest absolute Gasteiger partial charge is 0.251 e. The van der Waals surface area contributed by atoms with Crippen LogP contribution in [0, 0.1) is 5.92 Å². The zero-order valence-corrected chi connectivity index (χ0v) is 14.1. The van der Waals surface area contributed by atoms with Gasteiger partial charge in [0.05, 0.1) is 19.3 Å². The van der Waals surface area contributed by atoms with Crippen molar-refractivity contribution in [2.75, 3.05) is 19.7 Å². The summed E-state index contributed by atoms with van der Waals surface area (Å²) in [7, 11) is 0. The van der Waals surface area contributed by atoms with E-state index in [-0.39, 0.29) is 24.9 Å². The predicted octanol–water partition coefficient (Wildman–Crippen LogP) is 1.48. The lowest BCUT2D eigenvalue weighted by Gasteiger charge is -2.11. The normalized spacial score (nSPS) is 14.8. The Morgan fingerprint density at radius 3 is 2.58 bits per heavy atom. The zero-order chi connectivity index (χ0) is 17.4. The number of nitrogens with one attached hydrogen (secondary N) is 2. The molecule has 2 rings (SSSR count). The molecule has 6 heteroatoms. The lowest BCUT2D eigenvalue weighted by molar-refractivity contribution is -0.120. The minimum absolute atomic E-state index is 0.106. The van der Waals surface area contributed by atoms with Crippen LogP contribution in [0.4, 0.5) is 0 Å². The van der Waals surface area contributed by atoms with Gasteiger partial charge in [-0.25, -0.2) is 0 Å². The van der Waals surface area contributed by atoms with Gasteiger partial charge in [-0.3, -0.25) is 9.59 Å². The van der Waals surface area contributed by atoms with Crippen molar-refractivity contribution in [1.29, 1.82) is 0 Å². The van der Waals surface area contributed by atoms with Crippen molar-refractivity contribution in [2.45, 2.75) is 38.7 Å². The van der Waals surface area contributed by atoms with Crippen LogP contribution in [0.2, 0.25) is 0 Å². The number of unbranched alkanes of at least 4 members (excludes halogenated alkanes) is 1. The van der Waals surface area contributed by atoms with Crippen LogP contribution >= 0.6 is 0 Å². The molecule has 0 aromatic heterocycles. The van der Waals surface area contributed by atoms with Crippen molar-refractivity contribution in [3.05, 3.63) is 29.8 Å². The molecule has 1 aromatic carbocycles. The maximum atomic E-state index is 12.0. The second-order valence-corrected chi connectivity index (χ2v) is 6.12. The fourth-order valence-corrected chi connectivity index (χ4v) is 2.23. The first-order valence-electron chi connectivity index (χ1n) is 8.56. The highest BCUT2D eigenvalue weighted by molar-refractivity contribution is 5.96. The summed E-state index contributed by atoms with van der Waals surface area (Å²) >= 11 is 0. The quantitative estimate of drug-likeness (QED) is 0.566. The van der Waals surface area contributed by atoms with Crippen LogP contribution < -0.4 is 15.4 Å². The van der Waals surface area contributed by atoms with E-state index in [9.17, 15) is 14.7 Å². The number of aliphatic hydroxyl groups excluding tert-OH is 1. The maximum absolute atomic E-state index is 12.0. The molecule has 1 saturated carbocycles. The molecule has 0 aliphatic heterocycles. The Morgan fingerprint density at radius 1 is 1.25 bits per heavy atom. The van der Waals surface area contributed by atoms with Crippen molar-refractivity contribution in [1.82, 2.24) is 10.6 Å². The van der Waals surface area contributed by atoms with E-state index >= 15 is 0 Å². The third-order valence-electron chi connectivity index (χ3n) is 3.97. The van der Waals surface area contributed by atoms with Gasteiger partial charge >= 0.3 is 0 Å². The summed E-state index contributed by atoms with van der Waals surface area (Å²) in [6, 6.07) is 6.84. The van der Waals surface area contributed by atoms with Gasteiger partial charge in [0.25, 0.3) is 5.91 Å². The van der Waals surface area contributed by atoms with Gasteiger partial charge in [-0.1, -0.05) is 13.3 Å². The lowest BCUT2D eigenvalue weighted by Crippen LogP contribution is -2.40. The van der Waals surface area contributed by atoms with E-state index in [1.807, 2.05) is 0 Å². The van der Waals surface area contributed by atoms with Crippen LogP contribution in [-0.4, -0.2) is 42.7 Å². The number of aliphatic hydroxyl groups is 1. The maximum Gasteiger partial charge on any atom is 0.251 e. The number of ether oxygens (including phenoxy) is 1. The van der Waals surface area contributed by atoms with Gasteiger partial charge in [0, 0.05) is 12.1 Å². The topological polar surface area (TPSA) is 87.7 Å². The second-order valence-electron chi connectivity index (χ2n) is 6.12. The number of benzene rings is 1. The van der Waals surface area contributed by atoms with E-state index in [0.717, 1.165) is 31.4 Å². The fraction of sp³-hybridized carbons (Fsp3) is 0.556. The summed E-state index contributed by atoms with van der Waals surface area (Å²) in [4.78, 5) is 23.7. The van der Waals surface area contributed by atoms with Crippen molar-refractivity contribution in [3.63, 3.8) is 0 Å². The monoisotopic (exact) mass is 334 g/mol. The Bertz CT molecular complexity index is 540. The van der Waals surface area contributed by atoms with E-state index in [4.69, 9.17) is 4.74 Å². The number of rotatable bonds is 10. The molecule has 1 fully saturated rings. The first-order valence-corrected chi connectivity index (χ1v) is 8.56. The van der Waals surface area contributed by atoms with Crippen LogP contribution in [0.5, 0.6) is 5.75 Å². The molecular formula is C18H26N2O4. The Balaban J connectivity index is 1.68. The number of amides is 2. The van der Waals surface area contributed by atoms with Crippen molar-refractivity contribution in [3.8, 4) is 5.75 Å².